The number of benzene rings is 1. The van der Waals surface area contributed by atoms with E-state index in [9.17, 15) is 24.6 Å². The van der Waals surface area contributed by atoms with Gasteiger partial charge in [0.25, 0.3) is 0 Å². The molecule has 2 atom stereocenters. The van der Waals surface area contributed by atoms with Gasteiger partial charge < -0.3 is 19.7 Å². The first-order chi connectivity index (χ1) is 15.2. The largest absolute Gasteiger partial charge is 0.479 e. The van der Waals surface area contributed by atoms with Gasteiger partial charge in [-0.15, -0.1) is 10.2 Å². The van der Waals surface area contributed by atoms with Crippen molar-refractivity contribution in [3.05, 3.63) is 39.7 Å². The van der Waals surface area contributed by atoms with Gasteiger partial charge in [-0.25, -0.2) is 18.4 Å². The Morgan fingerprint density at radius 1 is 1.19 bits per heavy atom. The molecule has 1 aliphatic carbocycles. The molecule has 0 amide bonds. The van der Waals surface area contributed by atoms with Crippen molar-refractivity contribution in [2.24, 2.45) is 21.4 Å². The zero-order valence-electron chi connectivity index (χ0n) is 16.5. The molecule has 1 aromatic heterocycles. The molecular weight excluding hydrogens is 428 g/mol. The van der Waals surface area contributed by atoms with E-state index >= 15 is 8.78 Å². The number of carboxylic acid groups (broad SMARTS) is 2. The molecule has 2 aromatic rings. The van der Waals surface area contributed by atoms with Crippen molar-refractivity contribution in [3.8, 4) is 0 Å². The maximum Gasteiger partial charge on any atom is 0.341 e. The Kier molecular flexibility index (Phi) is 4.36. The van der Waals surface area contributed by atoms with E-state index in [0.29, 0.717) is 12.8 Å². The Morgan fingerprint density at radius 2 is 1.94 bits per heavy atom. The SMILES string of the molecule is O=C(O)c1cn(C2CC2)c2c(F)c(N3CCC(C4(C(=O)O)C=NN=N4)C3)c(F)cc2c1=O. The molecule has 0 radical (unpaired) electrons. The number of carbonyl (C=O) groups is 2. The van der Waals surface area contributed by atoms with Crippen LogP contribution in [0.15, 0.2) is 32.5 Å². The summed E-state index contributed by atoms with van der Waals surface area (Å²) < 4.78 is 32.2. The fourth-order valence-electron chi connectivity index (χ4n) is 4.54. The maximum absolute atomic E-state index is 15.7. The van der Waals surface area contributed by atoms with Crippen LogP contribution < -0.4 is 10.3 Å². The molecule has 0 spiro atoms. The number of nitrogens with zero attached hydrogens (tertiary/aromatic N) is 5. The lowest BCUT2D eigenvalue weighted by molar-refractivity contribution is -0.141. The Balaban J connectivity index is 1.63. The predicted molar refractivity (Wildman–Crippen MR) is 107 cm³/mol. The second-order valence-electron chi connectivity index (χ2n) is 8.23. The minimum Gasteiger partial charge on any atom is -0.479 e. The van der Waals surface area contributed by atoms with Gasteiger partial charge in [-0.3, -0.25) is 4.79 Å². The van der Waals surface area contributed by atoms with E-state index in [1.54, 1.807) is 0 Å². The molecule has 2 N–H and O–H groups in total. The Hall–Kier alpha value is -3.70. The van der Waals surface area contributed by atoms with E-state index in [0.717, 1.165) is 18.5 Å². The third-order valence-electron chi connectivity index (χ3n) is 6.34. The van der Waals surface area contributed by atoms with Crippen LogP contribution in [-0.2, 0) is 4.79 Å². The van der Waals surface area contributed by atoms with Gasteiger partial charge in [-0.05, 0) is 30.6 Å². The minimum atomic E-state index is -1.69. The molecule has 166 valence electrons. The summed E-state index contributed by atoms with van der Waals surface area (Å²) >= 11 is 0. The second kappa shape index (κ2) is 6.90. The smallest absolute Gasteiger partial charge is 0.341 e. The number of carboxylic acids is 2. The molecule has 5 rings (SSSR count). The molecule has 1 saturated carbocycles. The van der Waals surface area contributed by atoms with Crippen LogP contribution in [0, 0.1) is 17.6 Å². The number of hydrogen-bond acceptors (Lipinski definition) is 7. The van der Waals surface area contributed by atoms with Gasteiger partial charge in [0.05, 0.1) is 17.1 Å². The topological polar surface area (TPSA) is 137 Å². The first-order valence-electron chi connectivity index (χ1n) is 9.99. The fourth-order valence-corrected chi connectivity index (χ4v) is 4.54. The summed E-state index contributed by atoms with van der Waals surface area (Å²) in [5.74, 6) is -5.34. The van der Waals surface area contributed by atoms with Crippen LogP contribution >= 0.6 is 0 Å². The van der Waals surface area contributed by atoms with Crippen molar-refractivity contribution in [2.75, 3.05) is 18.0 Å². The number of rotatable bonds is 5. The first-order valence-corrected chi connectivity index (χ1v) is 9.99. The highest BCUT2D eigenvalue weighted by Crippen LogP contribution is 2.41. The molecule has 0 bridgehead atoms. The number of aromatic carboxylic acids is 1. The monoisotopic (exact) mass is 445 g/mol. The van der Waals surface area contributed by atoms with Crippen molar-refractivity contribution in [2.45, 2.75) is 30.8 Å². The quantitative estimate of drug-likeness (QED) is 0.725. The van der Waals surface area contributed by atoms with E-state index in [2.05, 4.69) is 15.4 Å². The standard InChI is InChI=1S/C20H17F2N5O5/c21-13-5-11-15(27(10-1-2-10)7-12(17(11)28)18(29)30)14(22)16(13)26-4-3-9(6-26)20(19(31)32)8-23-25-24-20/h5,7-10H,1-4,6H2,(H,29,30)(H,31,32). The van der Waals surface area contributed by atoms with Gasteiger partial charge in [0.1, 0.15) is 17.1 Å². The van der Waals surface area contributed by atoms with Crippen molar-refractivity contribution < 1.29 is 28.6 Å². The van der Waals surface area contributed by atoms with Gasteiger partial charge in [0.2, 0.25) is 11.0 Å². The number of pyridine rings is 1. The zero-order valence-corrected chi connectivity index (χ0v) is 16.5. The molecule has 1 aromatic carbocycles. The average Bonchev–Trinajstić information content (AvgIpc) is 3.24. The normalized spacial score (nSPS) is 24.6. The van der Waals surface area contributed by atoms with Crippen molar-refractivity contribution in [1.82, 2.24) is 4.57 Å². The molecule has 2 fully saturated rings. The highest BCUT2D eigenvalue weighted by Gasteiger charge is 2.50. The van der Waals surface area contributed by atoms with Crippen LogP contribution in [0.3, 0.4) is 0 Å². The van der Waals surface area contributed by atoms with E-state index in [4.69, 9.17) is 0 Å². The summed E-state index contributed by atoms with van der Waals surface area (Å²) in [7, 11) is 0. The highest BCUT2D eigenvalue weighted by atomic mass is 19.1. The minimum absolute atomic E-state index is 0.0163. The Labute approximate surface area is 178 Å². The van der Waals surface area contributed by atoms with Crippen molar-refractivity contribution >= 4 is 34.7 Å². The average molecular weight is 445 g/mol. The lowest BCUT2D eigenvalue weighted by Crippen LogP contribution is -2.45. The number of halogens is 2. The van der Waals surface area contributed by atoms with Crippen LogP contribution in [0.1, 0.15) is 35.7 Å². The lowest BCUT2D eigenvalue weighted by atomic mass is 9.85. The molecule has 2 unspecified atom stereocenters. The highest BCUT2D eigenvalue weighted by molar-refractivity contribution is 6.00. The molecule has 3 aliphatic rings. The van der Waals surface area contributed by atoms with Crippen molar-refractivity contribution in [3.63, 3.8) is 0 Å². The summed E-state index contributed by atoms with van der Waals surface area (Å²) in [6.45, 7) is 0.140. The summed E-state index contributed by atoms with van der Waals surface area (Å²) in [5.41, 5.74) is -3.74. The third-order valence-corrected chi connectivity index (χ3v) is 6.34. The third kappa shape index (κ3) is 2.82. The molecule has 12 heteroatoms. The Morgan fingerprint density at radius 3 is 2.53 bits per heavy atom. The maximum atomic E-state index is 15.7. The molecule has 3 heterocycles. The van der Waals surface area contributed by atoms with Gasteiger partial charge in [-0.1, -0.05) is 0 Å². The number of fused-ring (bicyclic) bond motifs is 1. The molecule has 2 aliphatic heterocycles. The lowest BCUT2D eigenvalue weighted by Gasteiger charge is -2.25. The van der Waals surface area contributed by atoms with Gasteiger partial charge in [0, 0.05) is 31.2 Å². The van der Waals surface area contributed by atoms with Crippen LogP contribution in [0.2, 0.25) is 0 Å². The molecule has 10 nitrogen and oxygen atoms in total. The number of anilines is 1. The zero-order chi connectivity index (χ0) is 22.8. The van der Waals surface area contributed by atoms with Crippen LogP contribution in [-0.4, -0.2) is 51.6 Å². The van der Waals surface area contributed by atoms with E-state index in [1.165, 1.54) is 9.47 Å². The number of aromatic nitrogens is 1. The van der Waals surface area contributed by atoms with Crippen LogP contribution in [0.4, 0.5) is 14.5 Å². The van der Waals surface area contributed by atoms with Gasteiger partial charge in [-0.2, -0.15) is 0 Å². The number of hydrogen-bond donors (Lipinski definition) is 2. The summed E-state index contributed by atoms with van der Waals surface area (Å²) in [6, 6.07) is 0.680. The van der Waals surface area contributed by atoms with Crippen LogP contribution in [0.25, 0.3) is 10.9 Å². The summed E-state index contributed by atoms with van der Waals surface area (Å²) in [5, 5.41) is 29.3. The number of aliphatic carboxylic acids is 1. The van der Waals surface area contributed by atoms with E-state index < -0.39 is 46.0 Å². The van der Waals surface area contributed by atoms with Crippen LogP contribution in [0.5, 0.6) is 0 Å². The fraction of sp³-hybridized carbons (Fsp3) is 0.400. The molecular formula is C20H17F2N5O5. The van der Waals surface area contributed by atoms with Crippen molar-refractivity contribution in [1.29, 1.82) is 0 Å². The molecule has 32 heavy (non-hydrogen) atoms. The second-order valence-corrected chi connectivity index (χ2v) is 8.23. The summed E-state index contributed by atoms with van der Waals surface area (Å²) in [6.07, 6.45) is 3.87. The van der Waals surface area contributed by atoms with Gasteiger partial charge in [0.15, 0.2) is 5.82 Å². The molecule has 1 saturated heterocycles. The van der Waals surface area contributed by atoms with E-state index in [-0.39, 0.29) is 42.1 Å². The van der Waals surface area contributed by atoms with E-state index in [1.807, 2.05) is 0 Å². The first kappa shape index (κ1) is 20.2. The Bertz CT molecular complexity index is 1290. The predicted octanol–water partition coefficient (Wildman–Crippen LogP) is 2.41. The summed E-state index contributed by atoms with van der Waals surface area (Å²) in [4.78, 5) is 37.3. The van der Waals surface area contributed by atoms with Gasteiger partial charge >= 0.3 is 11.9 Å².